The number of nitrogens with two attached hydrogens (primary N) is 1. The minimum atomic E-state index is -0.694. The zero-order valence-corrected chi connectivity index (χ0v) is 21.1. The molecule has 11 heteroatoms. The standard InChI is InChI=1S/C24H33N3O6.2ClH/c25-19-6-8-21(9-7-19)30-16-23(29)27-11-10-26-13-20(28)14-32-24-17-31-22(15-33-24)12-18-4-2-1-3-5-18;;/h1-9,20,22,24,26,28H,10-17,25H2,(H,27,29);2*1H. The Balaban J connectivity index is 0.00000306. The molecule has 2 aromatic rings. The summed E-state index contributed by atoms with van der Waals surface area (Å²) in [7, 11) is 0. The highest BCUT2D eigenvalue weighted by atomic mass is 35.5. The van der Waals surface area contributed by atoms with Crippen molar-refractivity contribution >= 4 is 36.4 Å². The van der Waals surface area contributed by atoms with Gasteiger partial charge in [0.05, 0.1) is 32.0 Å². The normalized spacial score (nSPS) is 18.0. The fourth-order valence-corrected chi connectivity index (χ4v) is 3.22. The van der Waals surface area contributed by atoms with E-state index in [1.54, 1.807) is 24.3 Å². The van der Waals surface area contributed by atoms with Gasteiger partial charge in [0.25, 0.3) is 5.91 Å². The predicted molar refractivity (Wildman–Crippen MR) is 138 cm³/mol. The molecular formula is C24H35Cl2N3O6. The third kappa shape index (κ3) is 12.4. The van der Waals surface area contributed by atoms with E-state index in [1.807, 2.05) is 18.2 Å². The molecule has 1 fully saturated rings. The Morgan fingerprint density at radius 2 is 1.80 bits per heavy atom. The van der Waals surface area contributed by atoms with Crippen LogP contribution in [0.1, 0.15) is 5.56 Å². The Hall–Kier alpha value is -2.11. The van der Waals surface area contributed by atoms with Crippen LogP contribution in [-0.4, -0.2) is 75.6 Å². The lowest BCUT2D eigenvalue weighted by atomic mass is 10.1. The lowest BCUT2D eigenvalue weighted by Crippen LogP contribution is -2.41. The summed E-state index contributed by atoms with van der Waals surface area (Å²) in [6.07, 6.45) is -0.373. The number of benzene rings is 2. The van der Waals surface area contributed by atoms with E-state index in [0.717, 1.165) is 6.42 Å². The number of hydrogen-bond donors (Lipinski definition) is 4. The number of rotatable bonds is 13. The molecule has 0 bridgehead atoms. The summed E-state index contributed by atoms with van der Waals surface area (Å²) in [5, 5.41) is 15.9. The van der Waals surface area contributed by atoms with Crippen LogP contribution in [0, 0.1) is 0 Å². The van der Waals surface area contributed by atoms with Gasteiger partial charge < -0.3 is 40.4 Å². The third-order valence-corrected chi connectivity index (χ3v) is 4.97. The maximum Gasteiger partial charge on any atom is 0.257 e. The number of nitrogens with one attached hydrogen (secondary N) is 2. The summed E-state index contributed by atoms with van der Waals surface area (Å²) in [6, 6.07) is 17.0. The average molecular weight is 532 g/mol. The number of aliphatic hydroxyl groups is 1. The first-order valence-corrected chi connectivity index (χ1v) is 11.1. The molecule has 9 nitrogen and oxygen atoms in total. The van der Waals surface area contributed by atoms with Gasteiger partial charge in [-0.3, -0.25) is 4.79 Å². The van der Waals surface area contributed by atoms with Gasteiger partial charge in [0.1, 0.15) is 5.75 Å². The Kier molecular flexibility index (Phi) is 15.3. The lowest BCUT2D eigenvalue weighted by molar-refractivity contribution is -0.239. The first-order chi connectivity index (χ1) is 16.1. The van der Waals surface area contributed by atoms with Gasteiger partial charge in [-0.1, -0.05) is 30.3 Å². The van der Waals surface area contributed by atoms with Crippen LogP contribution in [0.5, 0.6) is 5.75 Å². The number of nitrogen functional groups attached to an aromatic ring is 1. The van der Waals surface area contributed by atoms with Crippen molar-refractivity contribution in [1.29, 1.82) is 0 Å². The molecule has 196 valence electrons. The van der Waals surface area contributed by atoms with Gasteiger partial charge in [-0.05, 0) is 29.8 Å². The topological polar surface area (TPSA) is 124 Å². The molecule has 0 aromatic heterocycles. The summed E-state index contributed by atoms with van der Waals surface area (Å²) in [4.78, 5) is 11.8. The van der Waals surface area contributed by atoms with E-state index in [4.69, 9.17) is 24.7 Å². The van der Waals surface area contributed by atoms with Crippen molar-refractivity contribution in [1.82, 2.24) is 10.6 Å². The SMILES string of the molecule is Cl.Cl.Nc1ccc(OCC(=O)NCCNCC(O)COC2COC(Cc3ccccc3)CO2)cc1. The molecule has 1 saturated heterocycles. The second-order valence-corrected chi connectivity index (χ2v) is 7.81. The fraction of sp³-hybridized carbons (Fsp3) is 0.458. The molecule has 35 heavy (non-hydrogen) atoms. The van der Waals surface area contributed by atoms with Crippen LogP contribution >= 0.6 is 24.8 Å². The molecule has 3 unspecified atom stereocenters. The van der Waals surface area contributed by atoms with Crippen molar-refractivity contribution < 1.29 is 28.8 Å². The van der Waals surface area contributed by atoms with Crippen LogP contribution < -0.4 is 21.1 Å². The van der Waals surface area contributed by atoms with E-state index in [0.29, 0.717) is 44.3 Å². The minimum Gasteiger partial charge on any atom is -0.484 e. The Morgan fingerprint density at radius 1 is 1.06 bits per heavy atom. The summed E-state index contributed by atoms with van der Waals surface area (Å²) >= 11 is 0. The largest absolute Gasteiger partial charge is 0.484 e. The first kappa shape index (κ1) is 30.9. The molecular weight excluding hydrogens is 497 g/mol. The number of carbonyl (C=O) groups is 1. The zero-order valence-electron chi connectivity index (χ0n) is 19.5. The second kappa shape index (κ2) is 17.3. The van der Waals surface area contributed by atoms with Crippen LogP contribution in [0.2, 0.25) is 0 Å². The van der Waals surface area contributed by atoms with Crippen LogP contribution in [-0.2, 0) is 25.4 Å². The molecule has 1 amide bonds. The maximum atomic E-state index is 11.8. The molecule has 1 aliphatic rings. The van der Waals surface area contributed by atoms with Gasteiger partial charge >= 0.3 is 0 Å². The van der Waals surface area contributed by atoms with Gasteiger partial charge in [-0.25, -0.2) is 0 Å². The van der Waals surface area contributed by atoms with Crippen molar-refractivity contribution in [2.75, 3.05) is 51.8 Å². The van der Waals surface area contributed by atoms with Crippen molar-refractivity contribution in [3.8, 4) is 5.75 Å². The van der Waals surface area contributed by atoms with Gasteiger partial charge in [-0.15, -0.1) is 24.8 Å². The summed E-state index contributed by atoms with van der Waals surface area (Å²) in [6.45, 7) is 2.11. The second-order valence-electron chi connectivity index (χ2n) is 7.81. The number of anilines is 1. The van der Waals surface area contributed by atoms with Gasteiger partial charge in [0.2, 0.25) is 0 Å². The first-order valence-electron chi connectivity index (χ1n) is 11.1. The molecule has 0 spiro atoms. The highest BCUT2D eigenvalue weighted by Crippen LogP contribution is 2.14. The number of ether oxygens (including phenoxy) is 4. The van der Waals surface area contributed by atoms with E-state index < -0.39 is 12.4 Å². The lowest BCUT2D eigenvalue weighted by Gasteiger charge is -2.30. The zero-order chi connectivity index (χ0) is 23.3. The average Bonchev–Trinajstić information content (AvgIpc) is 2.84. The number of amides is 1. The number of halogens is 2. The Labute approximate surface area is 218 Å². The number of aliphatic hydroxyl groups excluding tert-OH is 1. The Morgan fingerprint density at radius 3 is 2.49 bits per heavy atom. The number of carbonyl (C=O) groups excluding carboxylic acids is 1. The van der Waals surface area contributed by atoms with Crippen LogP contribution in [0.3, 0.4) is 0 Å². The Bertz CT molecular complexity index is 824. The summed E-state index contributed by atoms with van der Waals surface area (Å²) in [5.41, 5.74) is 7.45. The molecule has 1 aliphatic heterocycles. The van der Waals surface area contributed by atoms with E-state index in [1.165, 1.54) is 5.56 Å². The molecule has 3 rings (SSSR count). The quantitative estimate of drug-likeness (QED) is 0.226. The molecule has 1 heterocycles. The molecule has 0 radical (unpaired) electrons. The highest BCUT2D eigenvalue weighted by molar-refractivity contribution is 5.85. The van der Waals surface area contributed by atoms with Crippen molar-refractivity contribution in [2.24, 2.45) is 0 Å². The van der Waals surface area contributed by atoms with Crippen molar-refractivity contribution in [3.05, 3.63) is 60.2 Å². The van der Waals surface area contributed by atoms with Gasteiger partial charge in [0, 0.05) is 31.7 Å². The fourth-order valence-electron chi connectivity index (χ4n) is 3.22. The van der Waals surface area contributed by atoms with Crippen LogP contribution in [0.25, 0.3) is 0 Å². The smallest absolute Gasteiger partial charge is 0.257 e. The van der Waals surface area contributed by atoms with E-state index in [2.05, 4.69) is 22.8 Å². The van der Waals surface area contributed by atoms with E-state index >= 15 is 0 Å². The van der Waals surface area contributed by atoms with E-state index in [-0.39, 0.29) is 50.0 Å². The summed E-state index contributed by atoms with van der Waals surface area (Å²) in [5.74, 6) is 0.359. The minimum absolute atomic E-state index is 0. The molecule has 2 aromatic carbocycles. The van der Waals surface area contributed by atoms with Gasteiger partial charge in [-0.2, -0.15) is 0 Å². The third-order valence-electron chi connectivity index (χ3n) is 4.97. The molecule has 0 saturated carbocycles. The van der Waals surface area contributed by atoms with Crippen molar-refractivity contribution in [2.45, 2.75) is 24.9 Å². The summed E-state index contributed by atoms with van der Waals surface area (Å²) < 4.78 is 22.5. The molecule has 5 N–H and O–H groups in total. The monoisotopic (exact) mass is 531 g/mol. The van der Waals surface area contributed by atoms with Gasteiger partial charge in [0.15, 0.2) is 12.9 Å². The molecule has 0 aliphatic carbocycles. The van der Waals surface area contributed by atoms with Crippen LogP contribution in [0.4, 0.5) is 5.69 Å². The highest BCUT2D eigenvalue weighted by Gasteiger charge is 2.23. The van der Waals surface area contributed by atoms with E-state index in [9.17, 15) is 9.90 Å². The predicted octanol–water partition coefficient (Wildman–Crippen LogP) is 1.56. The number of hydrogen-bond acceptors (Lipinski definition) is 8. The molecule has 3 atom stereocenters. The maximum absolute atomic E-state index is 11.8. The van der Waals surface area contributed by atoms with Crippen LogP contribution in [0.15, 0.2) is 54.6 Å². The van der Waals surface area contributed by atoms with Crippen molar-refractivity contribution in [3.63, 3.8) is 0 Å².